The third-order valence-corrected chi connectivity index (χ3v) is 3.86. The van der Waals surface area contributed by atoms with Gasteiger partial charge in [0.25, 0.3) is 0 Å². The number of aryl methyl sites for hydroxylation is 1. The van der Waals surface area contributed by atoms with Gasteiger partial charge in [0.05, 0.1) is 0 Å². The number of thiazole rings is 1. The van der Waals surface area contributed by atoms with Gasteiger partial charge >= 0.3 is 0 Å². The van der Waals surface area contributed by atoms with E-state index in [-0.39, 0.29) is 0 Å². The molecule has 0 saturated heterocycles. The summed E-state index contributed by atoms with van der Waals surface area (Å²) in [6.07, 6.45) is 4.29. The van der Waals surface area contributed by atoms with Crippen molar-refractivity contribution in [3.63, 3.8) is 0 Å². The number of hydrogen-bond acceptors (Lipinski definition) is 3. The van der Waals surface area contributed by atoms with Gasteiger partial charge in [-0.25, -0.2) is 4.98 Å². The molecule has 0 spiro atoms. The van der Waals surface area contributed by atoms with Gasteiger partial charge in [-0.05, 0) is 18.9 Å². The molecule has 0 aliphatic carbocycles. The number of nitrogens with zero attached hydrogens (tertiary/aromatic N) is 1. The maximum atomic E-state index is 4.40. The molecule has 2 nitrogen and oxygen atoms in total. The average Bonchev–Trinajstić information content (AvgIpc) is 2.81. The van der Waals surface area contributed by atoms with Crippen molar-refractivity contribution in [3.8, 4) is 0 Å². The minimum atomic E-state index is 0.431. The van der Waals surface area contributed by atoms with E-state index in [9.17, 15) is 0 Å². The Morgan fingerprint density at radius 3 is 2.67 bits per heavy atom. The summed E-state index contributed by atoms with van der Waals surface area (Å²) in [6.45, 7) is 5.19. The van der Waals surface area contributed by atoms with E-state index in [0.717, 1.165) is 13.0 Å². The average molecular weight is 260 g/mol. The monoisotopic (exact) mass is 260 g/mol. The van der Waals surface area contributed by atoms with Gasteiger partial charge in [-0.1, -0.05) is 43.7 Å². The van der Waals surface area contributed by atoms with Crippen molar-refractivity contribution in [1.29, 1.82) is 0 Å². The highest BCUT2D eigenvalue weighted by atomic mass is 32.1. The summed E-state index contributed by atoms with van der Waals surface area (Å²) < 4.78 is 0. The van der Waals surface area contributed by atoms with Crippen LogP contribution in [0.4, 0.5) is 0 Å². The predicted molar refractivity (Wildman–Crippen MR) is 77.8 cm³/mol. The van der Waals surface area contributed by atoms with Gasteiger partial charge in [0.15, 0.2) is 0 Å². The molecule has 2 aromatic rings. The summed E-state index contributed by atoms with van der Waals surface area (Å²) in [5.74, 6) is 0. The van der Waals surface area contributed by atoms with Gasteiger partial charge in [0.2, 0.25) is 0 Å². The molecule has 1 aromatic heterocycles. The minimum Gasteiger partial charge on any atom is -0.304 e. The zero-order valence-electron chi connectivity index (χ0n) is 11.0. The second kappa shape index (κ2) is 6.66. The maximum absolute atomic E-state index is 4.40. The molecular formula is C15H20N2S. The van der Waals surface area contributed by atoms with Crippen LogP contribution in [0.2, 0.25) is 0 Å². The van der Waals surface area contributed by atoms with Crippen LogP contribution < -0.4 is 5.32 Å². The van der Waals surface area contributed by atoms with Crippen molar-refractivity contribution in [2.45, 2.75) is 39.3 Å². The van der Waals surface area contributed by atoms with Crippen LogP contribution in [0.5, 0.6) is 0 Å². The molecule has 0 saturated carbocycles. The molecule has 1 atom stereocenters. The van der Waals surface area contributed by atoms with Crippen molar-refractivity contribution < 1.29 is 0 Å². The Bertz CT molecular complexity index is 464. The largest absolute Gasteiger partial charge is 0.304 e. The van der Waals surface area contributed by atoms with Crippen molar-refractivity contribution in [2.24, 2.45) is 0 Å². The van der Waals surface area contributed by atoms with Crippen LogP contribution in [0.15, 0.2) is 36.5 Å². The second-order valence-electron chi connectivity index (χ2n) is 4.50. The Balaban J connectivity index is 1.98. The molecule has 96 valence electrons. The quantitative estimate of drug-likeness (QED) is 0.846. The fourth-order valence-electron chi connectivity index (χ4n) is 2.05. The summed E-state index contributed by atoms with van der Waals surface area (Å²) in [4.78, 5) is 5.67. The molecule has 0 aliphatic rings. The van der Waals surface area contributed by atoms with E-state index in [0.29, 0.717) is 6.04 Å². The standard InChI is InChI=1S/C15H20N2S/c1-3-7-14(13-8-5-4-6-9-13)16-11-15-17-10-12(2)18-15/h4-6,8-10,14,16H,3,7,11H2,1-2H3. The zero-order chi connectivity index (χ0) is 12.8. The van der Waals surface area contributed by atoms with Gasteiger partial charge < -0.3 is 5.32 Å². The van der Waals surface area contributed by atoms with E-state index < -0.39 is 0 Å². The smallest absolute Gasteiger partial charge is 0.107 e. The van der Waals surface area contributed by atoms with Crippen molar-refractivity contribution in [3.05, 3.63) is 52.0 Å². The lowest BCUT2D eigenvalue weighted by Gasteiger charge is -2.17. The first-order chi connectivity index (χ1) is 8.79. The van der Waals surface area contributed by atoms with Crippen LogP contribution in [0.25, 0.3) is 0 Å². The van der Waals surface area contributed by atoms with Crippen LogP contribution in [-0.4, -0.2) is 4.98 Å². The van der Waals surface area contributed by atoms with Crippen LogP contribution in [-0.2, 0) is 6.54 Å². The predicted octanol–water partition coefficient (Wildman–Crippen LogP) is 4.08. The number of nitrogens with one attached hydrogen (secondary N) is 1. The lowest BCUT2D eigenvalue weighted by atomic mass is 10.0. The highest BCUT2D eigenvalue weighted by Crippen LogP contribution is 2.19. The Labute approximate surface area is 113 Å². The third kappa shape index (κ3) is 3.65. The molecule has 1 unspecified atom stereocenters. The lowest BCUT2D eigenvalue weighted by Crippen LogP contribution is -2.20. The number of aromatic nitrogens is 1. The summed E-state index contributed by atoms with van der Waals surface area (Å²) in [5, 5.41) is 4.79. The van der Waals surface area contributed by atoms with Gasteiger partial charge in [-0.3, -0.25) is 0 Å². The Morgan fingerprint density at radius 1 is 1.28 bits per heavy atom. The van der Waals surface area contributed by atoms with E-state index in [1.165, 1.54) is 21.9 Å². The summed E-state index contributed by atoms with van der Waals surface area (Å²) >= 11 is 1.77. The fourth-order valence-corrected chi connectivity index (χ4v) is 2.79. The molecular weight excluding hydrogens is 240 g/mol. The van der Waals surface area contributed by atoms with Gasteiger partial charge in [-0.2, -0.15) is 0 Å². The molecule has 3 heteroatoms. The number of hydrogen-bond donors (Lipinski definition) is 1. The lowest BCUT2D eigenvalue weighted by molar-refractivity contribution is 0.493. The molecule has 18 heavy (non-hydrogen) atoms. The minimum absolute atomic E-state index is 0.431. The van der Waals surface area contributed by atoms with Gasteiger partial charge in [-0.15, -0.1) is 11.3 Å². The summed E-state index contributed by atoms with van der Waals surface area (Å²) in [7, 11) is 0. The van der Waals surface area contributed by atoms with Crippen LogP contribution in [0.1, 0.15) is 41.3 Å². The van der Waals surface area contributed by atoms with Gasteiger partial charge in [0.1, 0.15) is 5.01 Å². The fraction of sp³-hybridized carbons (Fsp3) is 0.400. The maximum Gasteiger partial charge on any atom is 0.107 e. The van der Waals surface area contributed by atoms with Crippen molar-refractivity contribution >= 4 is 11.3 Å². The zero-order valence-corrected chi connectivity index (χ0v) is 11.8. The number of rotatable bonds is 6. The normalized spacial score (nSPS) is 12.6. The molecule has 1 aromatic carbocycles. The Kier molecular flexibility index (Phi) is 4.90. The van der Waals surface area contributed by atoms with Crippen LogP contribution in [0.3, 0.4) is 0 Å². The first kappa shape index (κ1) is 13.2. The highest BCUT2D eigenvalue weighted by molar-refractivity contribution is 7.11. The van der Waals surface area contributed by atoms with E-state index in [1.54, 1.807) is 11.3 Å². The van der Waals surface area contributed by atoms with Crippen molar-refractivity contribution in [2.75, 3.05) is 0 Å². The third-order valence-electron chi connectivity index (χ3n) is 2.95. The van der Waals surface area contributed by atoms with Gasteiger partial charge in [0, 0.05) is 23.7 Å². The number of benzene rings is 1. The van der Waals surface area contributed by atoms with Crippen LogP contribution >= 0.6 is 11.3 Å². The molecule has 0 bridgehead atoms. The SMILES string of the molecule is CCCC(NCc1ncc(C)s1)c1ccccc1. The molecule has 0 aliphatic heterocycles. The second-order valence-corrected chi connectivity index (χ2v) is 5.82. The first-order valence-corrected chi connectivity index (χ1v) is 7.31. The summed E-state index contributed by atoms with van der Waals surface area (Å²) in [6, 6.07) is 11.1. The molecule has 0 radical (unpaired) electrons. The highest BCUT2D eigenvalue weighted by Gasteiger charge is 2.10. The van der Waals surface area contributed by atoms with E-state index in [1.807, 2.05) is 6.20 Å². The molecule has 1 heterocycles. The molecule has 1 N–H and O–H groups in total. The van der Waals surface area contributed by atoms with E-state index in [4.69, 9.17) is 0 Å². The Hall–Kier alpha value is -1.19. The molecule has 2 rings (SSSR count). The van der Waals surface area contributed by atoms with Crippen LogP contribution in [0, 0.1) is 6.92 Å². The Morgan fingerprint density at radius 2 is 2.06 bits per heavy atom. The summed E-state index contributed by atoms with van der Waals surface area (Å²) in [5.41, 5.74) is 1.37. The first-order valence-electron chi connectivity index (χ1n) is 6.49. The topological polar surface area (TPSA) is 24.9 Å². The van der Waals surface area contributed by atoms with E-state index >= 15 is 0 Å². The van der Waals surface area contributed by atoms with E-state index in [2.05, 4.69) is 54.5 Å². The molecule has 0 amide bonds. The van der Waals surface area contributed by atoms with Crippen molar-refractivity contribution in [1.82, 2.24) is 10.3 Å². The molecule has 0 fully saturated rings.